The van der Waals surface area contributed by atoms with Crippen LogP contribution >= 0.6 is 0 Å². The molecule has 132 valence electrons. The van der Waals surface area contributed by atoms with E-state index in [0.29, 0.717) is 5.69 Å². The van der Waals surface area contributed by atoms with Crippen molar-refractivity contribution in [1.29, 1.82) is 0 Å². The molecule has 1 fully saturated rings. The lowest BCUT2D eigenvalue weighted by Gasteiger charge is -2.32. The molecule has 1 aliphatic heterocycles. The first-order chi connectivity index (χ1) is 11.4. The van der Waals surface area contributed by atoms with Crippen LogP contribution in [0.2, 0.25) is 0 Å². The molecule has 1 aliphatic rings. The van der Waals surface area contributed by atoms with E-state index in [9.17, 15) is 9.59 Å². The first-order valence-corrected chi connectivity index (χ1v) is 8.52. The van der Waals surface area contributed by atoms with Crippen LogP contribution in [-0.2, 0) is 4.79 Å². The first-order valence-electron chi connectivity index (χ1n) is 8.52. The second-order valence-corrected chi connectivity index (χ2v) is 6.87. The molecular weight excluding hydrogens is 306 g/mol. The summed E-state index contributed by atoms with van der Waals surface area (Å²) in [4.78, 5) is 25.4. The summed E-state index contributed by atoms with van der Waals surface area (Å²) in [6, 6.07) is 6.26. The molecule has 1 aromatic rings. The molecule has 0 aromatic heterocycles. The van der Waals surface area contributed by atoms with Gasteiger partial charge in [0.05, 0.1) is 0 Å². The van der Waals surface area contributed by atoms with Gasteiger partial charge in [-0.05, 0) is 48.9 Å². The predicted octanol–water partition coefficient (Wildman–Crippen LogP) is 3.15. The number of nitrogens with zero attached hydrogens (tertiary/aromatic N) is 1. The van der Waals surface area contributed by atoms with Crippen molar-refractivity contribution in [2.24, 2.45) is 11.8 Å². The number of nitrogens with one attached hydrogen (secondary N) is 2. The lowest BCUT2D eigenvalue weighted by molar-refractivity contribution is -0.140. The molecule has 1 aromatic carbocycles. The molecule has 2 rings (SSSR count). The summed E-state index contributed by atoms with van der Waals surface area (Å²) in [6.45, 7) is 7.91. The van der Waals surface area contributed by atoms with Crippen molar-refractivity contribution in [2.45, 2.75) is 39.7 Å². The molecule has 0 aliphatic carbocycles. The Bertz CT molecular complexity index is 563. The Labute approximate surface area is 143 Å². The fraction of sp³-hybridized carbons (Fsp3) is 0.556. The molecule has 6 heteroatoms. The molecule has 0 bridgehead atoms. The monoisotopic (exact) mass is 333 g/mol. The van der Waals surface area contributed by atoms with E-state index in [1.165, 1.54) is 12.8 Å². The zero-order valence-corrected chi connectivity index (χ0v) is 14.6. The van der Waals surface area contributed by atoms with E-state index in [1.54, 1.807) is 13.8 Å². The Kier molecular flexibility index (Phi) is 6.06. The van der Waals surface area contributed by atoms with E-state index in [2.05, 4.69) is 22.5 Å². The number of piperidine rings is 1. The highest BCUT2D eigenvalue weighted by Crippen LogP contribution is 2.24. The molecule has 24 heavy (non-hydrogen) atoms. The van der Waals surface area contributed by atoms with Gasteiger partial charge in [-0.15, -0.1) is 0 Å². The lowest BCUT2D eigenvalue weighted by atomic mass is 9.99. The van der Waals surface area contributed by atoms with E-state index >= 15 is 0 Å². The van der Waals surface area contributed by atoms with Crippen LogP contribution in [-0.4, -0.2) is 36.2 Å². The number of amides is 2. The molecule has 1 heterocycles. The van der Waals surface area contributed by atoms with Gasteiger partial charge in [0.25, 0.3) is 0 Å². The fourth-order valence-electron chi connectivity index (χ4n) is 2.84. The summed E-state index contributed by atoms with van der Waals surface area (Å²) in [6.07, 6.45) is 2.41. The van der Waals surface area contributed by atoms with E-state index in [0.717, 1.165) is 24.7 Å². The van der Waals surface area contributed by atoms with E-state index in [1.807, 2.05) is 24.3 Å². The smallest absolute Gasteiger partial charge is 0.326 e. The topological polar surface area (TPSA) is 81.7 Å². The minimum absolute atomic E-state index is 0.183. The van der Waals surface area contributed by atoms with Crippen molar-refractivity contribution in [3.8, 4) is 0 Å². The van der Waals surface area contributed by atoms with Crippen molar-refractivity contribution < 1.29 is 14.7 Å². The number of carbonyl (C=O) groups excluding carboxylic acids is 1. The van der Waals surface area contributed by atoms with Crippen LogP contribution < -0.4 is 15.5 Å². The molecule has 6 nitrogen and oxygen atoms in total. The van der Waals surface area contributed by atoms with Crippen molar-refractivity contribution in [3.63, 3.8) is 0 Å². The van der Waals surface area contributed by atoms with Crippen molar-refractivity contribution in [3.05, 3.63) is 24.3 Å². The standard InChI is InChI=1S/C18H27N3O3/c1-12(2)16(17(22)23)20-18(24)19-14-4-6-15(7-5-14)21-10-8-13(3)9-11-21/h4-7,12-13,16H,8-11H2,1-3H3,(H,22,23)(H2,19,20,24). The summed E-state index contributed by atoms with van der Waals surface area (Å²) < 4.78 is 0. The SMILES string of the molecule is CC1CCN(c2ccc(NC(=O)NC(C(=O)O)C(C)C)cc2)CC1. The minimum atomic E-state index is -1.03. The number of anilines is 2. The van der Waals surface area contributed by atoms with Gasteiger partial charge in [0.15, 0.2) is 0 Å². The lowest BCUT2D eigenvalue weighted by Crippen LogP contribution is -2.46. The highest BCUT2D eigenvalue weighted by atomic mass is 16.4. The number of urea groups is 1. The van der Waals surface area contributed by atoms with Gasteiger partial charge >= 0.3 is 12.0 Å². The van der Waals surface area contributed by atoms with Crippen LogP contribution in [0.4, 0.5) is 16.2 Å². The largest absolute Gasteiger partial charge is 0.480 e. The summed E-state index contributed by atoms with van der Waals surface area (Å²) in [5.41, 5.74) is 1.80. The van der Waals surface area contributed by atoms with Crippen LogP contribution in [0.25, 0.3) is 0 Å². The number of benzene rings is 1. The maximum atomic E-state index is 12.0. The van der Waals surface area contributed by atoms with Crippen LogP contribution in [0.3, 0.4) is 0 Å². The third-order valence-electron chi connectivity index (χ3n) is 4.49. The average Bonchev–Trinajstić information content (AvgIpc) is 2.53. The van der Waals surface area contributed by atoms with E-state index in [-0.39, 0.29) is 5.92 Å². The number of carbonyl (C=O) groups is 2. The average molecular weight is 333 g/mol. The number of hydrogen-bond donors (Lipinski definition) is 3. The van der Waals surface area contributed by atoms with Gasteiger partial charge in [0.1, 0.15) is 6.04 Å². The van der Waals surface area contributed by atoms with Gasteiger partial charge in [0.2, 0.25) is 0 Å². The Balaban J connectivity index is 1.91. The van der Waals surface area contributed by atoms with Gasteiger partial charge in [-0.25, -0.2) is 9.59 Å². The summed E-state index contributed by atoms with van der Waals surface area (Å²) >= 11 is 0. The fourth-order valence-corrected chi connectivity index (χ4v) is 2.84. The Morgan fingerprint density at radius 3 is 2.25 bits per heavy atom. The number of carboxylic acid groups (broad SMARTS) is 1. The van der Waals surface area contributed by atoms with Gasteiger partial charge in [0, 0.05) is 24.5 Å². The van der Waals surface area contributed by atoms with E-state index in [4.69, 9.17) is 5.11 Å². The molecule has 1 unspecified atom stereocenters. The highest BCUT2D eigenvalue weighted by molar-refractivity contribution is 5.92. The summed E-state index contributed by atoms with van der Waals surface area (Å²) in [5, 5.41) is 14.3. The molecule has 0 saturated carbocycles. The number of aliphatic carboxylic acids is 1. The first kappa shape index (κ1) is 18.1. The zero-order valence-electron chi connectivity index (χ0n) is 14.6. The maximum Gasteiger partial charge on any atom is 0.326 e. The summed E-state index contributed by atoms with van der Waals surface area (Å²) in [5.74, 6) is -0.430. The van der Waals surface area contributed by atoms with Crippen molar-refractivity contribution >= 4 is 23.4 Å². The van der Waals surface area contributed by atoms with Gasteiger partial charge in [-0.1, -0.05) is 20.8 Å². The number of hydrogen-bond acceptors (Lipinski definition) is 3. The molecule has 0 radical (unpaired) electrons. The predicted molar refractivity (Wildman–Crippen MR) is 95.5 cm³/mol. The Morgan fingerprint density at radius 2 is 1.75 bits per heavy atom. The molecule has 2 amide bonds. The third-order valence-corrected chi connectivity index (χ3v) is 4.49. The number of carboxylic acids is 1. The molecular formula is C18H27N3O3. The highest BCUT2D eigenvalue weighted by Gasteiger charge is 2.23. The van der Waals surface area contributed by atoms with Gasteiger partial charge < -0.3 is 20.6 Å². The summed E-state index contributed by atoms with van der Waals surface area (Å²) in [7, 11) is 0. The third kappa shape index (κ3) is 4.88. The normalized spacial score (nSPS) is 16.8. The molecule has 1 saturated heterocycles. The zero-order chi connectivity index (χ0) is 17.7. The van der Waals surface area contributed by atoms with Crippen LogP contribution in [0.15, 0.2) is 24.3 Å². The van der Waals surface area contributed by atoms with Crippen LogP contribution in [0, 0.1) is 11.8 Å². The maximum absolute atomic E-state index is 12.0. The quantitative estimate of drug-likeness (QED) is 0.773. The Hall–Kier alpha value is -2.24. The minimum Gasteiger partial charge on any atom is -0.480 e. The second kappa shape index (κ2) is 8.04. The van der Waals surface area contributed by atoms with Crippen LogP contribution in [0.1, 0.15) is 33.6 Å². The van der Waals surface area contributed by atoms with Crippen molar-refractivity contribution in [2.75, 3.05) is 23.3 Å². The molecule has 3 N–H and O–H groups in total. The molecule has 1 atom stereocenters. The Morgan fingerprint density at radius 1 is 1.17 bits per heavy atom. The van der Waals surface area contributed by atoms with Crippen LogP contribution in [0.5, 0.6) is 0 Å². The number of rotatable bonds is 5. The second-order valence-electron chi connectivity index (χ2n) is 6.87. The molecule has 0 spiro atoms. The van der Waals surface area contributed by atoms with Crippen molar-refractivity contribution in [1.82, 2.24) is 5.32 Å². The van der Waals surface area contributed by atoms with Gasteiger partial charge in [-0.3, -0.25) is 0 Å². The van der Waals surface area contributed by atoms with E-state index < -0.39 is 18.0 Å². The van der Waals surface area contributed by atoms with Gasteiger partial charge in [-0.2, -0.15) is 0 Å².